The maximum absolute atomic E-state index is 13.2. The summed E-state index contributed by atoms with van der Waals surface area (Å²) in [6.07, 6.45) is 6.64. The zero-order valence-corrected chi connectivity index (χ0v) is 17.4. The van der Waals surface area contributed by atoms with Crippen molar-refractivity contribution in [1.82, 2.24) is 30.9 Å². The zero-order valence-electron chi connectivity index (χ0n) is 17.4. The summed E-state index contributed by atoms with van der Waals surface area (Å²) < 4.78 is 0. The SMILES string of the molecule is O=C(O)C(Cc1cnc[nH]1)NC(=O)C(Cc1c[nH]c2ccccc12)NC(=O)C1CCCN1. The summed E-state index contributed by atoms with van der Waals surface area (Å²) in [7, 11) is 0. The van der Waals surface area contributed by atoms with E-state index in [1.807, 2.05) is 30.5 Å². The Bertz CT molecular complexity index is 1090. The van der Waals surface area contributed by atoms with Crippen LogP contribution in [0.15, 0.2) is 43.0 Å². The third kappa shape index (κ3) is 4.97. The van der Waals surface area contributed by atoms with E-state index in [0.717, 1.165) is 29.4 Å². The molecule has 2 aromatic heterocycles. The van der Waals surface area contributed by atoms with Gasteiger partial charge in [-0.05, 0) is 31.0 Å². The number of nitrogens with one attached hydrogen (secondary N) is 5. The highest BCUT2D eigenvalue weighted by Crippen LogP contribution is 2.19. The van der Waals surface area contributed by atoms with Gasteiger partial charge in [-0.25, -0.2) is 9.78 Å². The van der Waals surface area contributed by atoms with Crippen LogP contribution in [0.3, 0.4) is 0 Å². The molecular formula is C22H26N6O4. The predicted octanol–water partition coefficient (Wildman–Crippen LogP) is 0.482. The number of fused-ring (bicyclic) bond motifs is 1. The number of carboxylic acids is 1. The third-order valence-electron chi connectivity index (χ3n) is 5.70. The predicted molar refractivity (Wildman–Crippen MR) is 117 cm³/mol. The van der Waals surface area contributed by atoms with Crippen molar-refractivity contribution in [3.05, 3.63) is 54.2 Å². The fraction of sp³-hybridized carbons (Fsp3) is 0.364. The molecule has 0 spiro atoms. The van der Waals surface area contributed by atoms with Crippen LogP contribution in [0, 0.1) is 0 Å². The molecule has 1 aliphatic rings. The monoisotopic (exact) mass is 438 g/mol. The van der Waals surface area contributed by atoms with Crippen LogP contribution in [0.1, 0.15) is 24.1 Å². The van der Waals surface area contributed by atoms with Crippen molar-refractivity contribution in [2.45, 2.75) is 43.8 Å². The number of carboxylic acid groups (broad SMARTS) is 1. The Labute approximate surface area is 184 Å². The molecule has 32 heavy (non-hydrogen) atoms. The van der Waals surface area contributed by atoms with Gasteiger partial charge in [0, 0.05) is 41.8 Å². The number of amides is 2. The zero-order chi connectivity index (χ0) is 22.5. The second-order valence-electron chi connectivity index (χ2n) is 7.95. The van der Waals surface area contributed by atoms with Gasteiger partial charge in [0.05, 0.1) is 12.4 Å². The molecule has 3 atom stereocenters. The first-order chi connectivity index (χ1) is 15.5. The van der Waals surface area contributed by atoms with E-state index in [-0.39, 0.29) is 24.8 Å². The second-order valence-corrected chi connectivity index (χ2v) is 7.95. The van der Waals surface area contributed by atoms with Gasteiger partial charge < -0.3 is 31.0 Å². The van der Waals surface area contributed by atoms with E-state index in [9.17, 15) is 19.5 Å². The third-order valence-corrected chi connectivity index (χ3v) is 5.70. The number of hydrogen-bond acceptors (Lipinski definition) is 5. The minimum atomic E-state index is -1.16. The lowest BCUT2D eigenvalue weighted by molar-refractivity contribution is -0.142. The normalized spacial score (nSPS) is 17.7. The van der Waals surface area contributed by atoms with Crippen molar-refractivity contribution in [2.24, 2.45) is 0 Å². The van der Waals surface area contributed by atoms with Crippen LogP contribution in [0.5, 0.6) is 0 Å². The smallest absolute Gasteiger partial charge is 0.326 e. The standard InChI is InChI=1S/C22H26N6O4/c29-20(17-6-3-7-24-17)27-18(8-13-10-25-16-5-2-1-4-15(13)16)21(30)28-19(22(31)32)9-14-11-23-12-26-14/h1-2,4-5,10-12,17-19,24-25H,3,6-9H2,(H,23,26)(H,27,29)(H,28,30)(H,31,32). The molecule has 3 heterocycles. The van der Waals surface area contributed by atoms with E-state index in [2.05, 4.69) is 30.9 Å². The first-order valence-electron chi connectivity index (χ1n) is 10.6. The number of carbonyl (C=O) groups is 3. The lowest BCUT2D eigenvalue weighted by Crippen LogP contribution is -2.55. The van der Waals surface area contributed by atoms with Crippen molar-refractivity contribution in [2.75, 3.05) is 6.54 Å². The van der Waals surface area contributed by atoms with E-state index in [4.69, 9.17) is 0 Å². The molecule has 1 saturated heterocycles. The Morgan fingerprint density at radius 1 is 1.12 bits per heavy atom. The molecule has 1 aromatic carbocycles. The summed E-state index contributed by atoms with van der Waals surface area (Å²) >= 11 is 0. The van der Waals surface area contributed by atoms with Crippen LogP contribution in [-0.4, -0.2) is 62.5 Å². The van der Waals surface area contributed by atoms with Crippen LogP contribution in [0.25, 0.3) is 10.9 Å². The average molecular weight is 438 g/mol. The number of H-pyrrole nitrogens is 2. The van der Waals surface area contributed by atoms with Gasteiger partial charge in [-0.2, -0.15) is 0 Å². The molecule has 6 N–H and O–H groups in total. The van der Waals surface area contributed by atoms with Crippen LogP contribution >= 0.6 is 0 Å². The molecule has 2 amide bonds. The summed E-state index contributed by atoms with van der Waals surface area (Å²) in [4.78, 5) is 47.5. The Hall–Kier alpha value is -3.66. The van der Waals surface area contributed by atoms with Crippen LogP contribution in [0.4, 0.5) is 0 Å². The molecule has 3 unspecified atom stereocenters. The van der Waals surface area contributed by atoms with Crippen molar-refractivity contribution in [1.29, 1.82) is 0 Å². The number of hydrogen-bond donors (Lipinski definition) is 6. The second kappa shape index (κ2) is 9.65. The van der Waals surface area contributed by atoms with Gasteiger partial charge in [-0.3, -0.25) is 9.59 Å². The van der Waals surface area contributed by atoms with Gasteiger partial charge in [0.1, 0.15) is 12.1 Å². The van der Waals surface area contributed by atoms with E-state index in [1.165, 1.54) is 12.5 Å². The van der Waals surface area contributed by atoms with Crippen molar-refractivity contribution in [3.8, 4) is 0 Å². The first kappa shape index (κ1) is 21.6. The van der Waals surface area contributed by atoms with E-state index < -0.39 is 24.0 Å². The maximum Gasteiger partial charge on any atom is 0.326 e. The number of aromatic amines is 2. The summed E-state index contributed by atoms with van der Waals surface area (Å²) in [6.45, 7) is 0.753. The Morgan fingerprint density at radius 3 is 2.69 bits per heavy atom. The van der Waals surface area contributed by atoms with Gasteiger partial charge in [0.25, 0.3) is 0 Å². The molecular weight excluding hydrogens is 412 g/mol. The molecule has 0 radical (unpaired) electrons. The van der Waals surface area contributed by atoms with Crippen molar-refractivity contribution in [3.63, 3.8) is 0 Å². The molecule has 10 nitrogen and oxygen atoms in total. The van der Waals surface area contributed by atoms with Gasteiger partial charge in [0.2, 0.25) is 11.8 Å². The number of carbonyl (C=O) groups excluding carboxylic acids is 2. The molecule has 1 aliphatic heterocycles. The first-order valence-corrected chi connectivity index (χ1v) is 10.6. The summed E-state index contributed by atoms with van der Waals surface area (Å²) in [5.74, 6) is -1.97. The van der Waals surface area contributed by atoms with Gasteiger partial charge in [0.15, 0.2) is 0 Å². The van der Waals surface area contributed by atoms with Gasteiger partial charge >= 0.3 is 5.97 Å². The number of aliphatic carboxylic acids is 1. The summed E-state index contributed by atoms with van der Waals surface area (Å²) in [6, 6.07) is 5.25. The lowest BCUT2D eigenvalue weighted by Gasteiger charge is -2.23. The molecule has 0 bridgehead atoms. The van der Waals surface area contributed by atoms with Crippen LogP contribution in [0.2, 0.25) is 0 Å². The van der Waals surface area contributed by atoms with Gasteiger partial charge in [-0.1, -0.05) is 18.2 Å². The fourth-order valence-electron chi connectivity index (χ4n) is 4.00. The molecule has 0 aliphatic carbocycles. The largest absolute Gasteiger partial charge is 0.480 e. The highest BCUT2D eigenvalue weighted by Gasteiger charge is 2.30. The molecule has 168 valence electrons. The minimum Gasteiger partial charge on any atom is -0.480 e. The number of para-hydroxylation sites is 1. The van der Waals surface area contributed by atoms with E-state index in [0.29, 0.717) is 12.1 Å². The molecule has 10 heteroatoms. The maximum atomic E-state index is 13.2. The average Bonchev–Trinajstić information content (AvgIpc) is 3.55. The highest BCUT2D eigenvalue weighted by molar-refractivity contribution is 5.93. The topological polar surface area (TPSA) is 152 Å². The quantitative estimate of drug-likeness (QED) is 0.286. The van der Waals surface area contributed by atoms with E-state index >= 15 is 0 Å². The number of benzene rings is 1. The Morgan fingerprint density at radius 2 is 1.97 bits per heavy atom. The number of aromatic nitrogens is 3. The highest BCUT2D eigenvalue weighted by atomic mass is 16.4. The number of nitrogens with zero attached hydrogens (tertiary/aromatic N) is 1. The molecule has 4 rings (SSSR count). The molecule has 0 saturated carbocycles. The Balaban J connectivity index is 1.53. The van der Waals surface area contributed by atoms with Gasteiger partial charge in [-0.15, -0.1) is 0 Å². The number of rotatable bonds is 9. The van der Waals surface area contributed by atoms with Crippen molar-refractivity contribution >= 4 is 28.7 Å². The molecule has 1 fully saturated rings. The van der Waals surface area contributed by atoms with Crippen LogP contribution < -0.4 is 16.0 Å². The lowest BCUT2D eigenvalue weighted by atomic mass is 10.0. The van der Waals surface area contributed by atoms with E-state index in [1.54, 1.807) is 0 Å². The summed E-state index contributed by atoms with van der Waals surface area (Å²) in [5, 5.41) is 19.1. The van der Waals surface area contributed by atoms with Crippen LogP contribution in [-0.2, 0) is 27.2 Å². The fourth-order valence-corrected chi connectivity index (χ4v) is 4.00. The molecule has 3 aromatic rings. The number of imidazole rings is 1. The summed E-state index contributed by atoms with van der Waals surface area (Å²) in [5.41, 5.74) is 2.37. The minimum absolute atomic E-state index is 0.0546. The van der Waals surface area contributed by atoms with Crippen molar-refractivity contribution < 1.29 is 19.5 Å². The Kier molecular flexibility index (Phi) is 6.50.